The maximum absolute atomic E-state index is 12.4. The number of benzene rings is 1. The van der Waals surface area contributed by atoms with Gasteiger partial charge in [0, 0.05) is 35.2 Å². The molecule has 0 aliphatic heterocycles. The second kappa shape index (κ2) is 7.11. The summed E-state index contributed by atoms with van der Waals surface area (Å²) >= 11 is 1.38. The maximum Gasteiger partial charge on any atom is 0.257 e. The van der Waals surface area contributed by atoms with Crippen molar-refractivity contribution >= 4 is 33.3 Å². The molecule has 24 heavy (non-hydrogen) atoms. The topological polar surface area (TPSA) is 79.9 Å². The van der Waals surface area contributed by atoms with E-state index in [4.69, 9.17) is 4.74 Å². The first kappa shape index (κ1) is 16.6. The Balaban J connectivity index is 1.71. The molecule has 0 radical (unpaired) electrons. The smallest absolute Gasteiger partial charge is 0.257 e. The molecule has 126 valence electrons. The normalized spacial score (nSPS) is 11.1. The number of carbonyl (C=O) groups excluding carboxylic acids is 1. The Bertz CT molecular complexity index is 869. The van der Waals surface area contributed by atoms with Crippen LogP contribution in [-0.2, 0) is 11.2 Å². The summed E-state index contributed by atoms with van der Waals surface area (Å²) in [5, 5.41) is 13.3. The lowest BCUT2D eigenvalue weighted by atomic mass is 10.1. The van der Waals surface area contributed by atoms with Gasteiger partial charge in [0.2, 0.25) is 5.13 Å². The van der Waals surface area contributed by atoms with Crippen LogP contribution in [-0.4, -0.2) is 34.3 Å². The maximum atomic E-state index is 12.4. The number of anilines is 1. The highest BCUT2D eigenvalue weighted by Crippen LogP contribution is 2.23. The van der Waals surface area contributed by atoms with Gasteiger partial charge in [0.1, 0.15) is 5.01 Å². The SMILES string of the molecule is CCOCCc1nnc(NC(=O)c2ccc3[nH]c(C)c(C)c3c2)s1. The van der Waals surface area contributed by atoms with Crippen LogP contribution in [0.5, 0.6) is 0 Å². The van der Waals surface area contributed by atoms with E-state index >= 15 is 0 Å². The summed E-state index contributed by atoms with van der Waals surface area (Å²) in [6, 6.07) is 5.64. The Hall–Kier alpha value is -2.25. The van der Waals surface area contributed by atoms with Crippen LogP contribution in [0, 0.1) is 13.8 Å². The lowest BCUT2D eigenvalue weighted by Gasteiger charge is -2.02. The Labute approximate surface area is 144 Å². The molecule has 0 saturated carbocycles. The molecule has 2 aromatic heterocycles. The van der Waals surface area contributed by atoms with Crippen molar-refractivity contribution in [3.63, 3.8) is 0 Å². The van der Waals surface area contributed by atoms with E-state index in [9.17, 15) is 4.79 Å². The van der Waals surface area contributed by atoms with E-state index in [1.54, 1.807) is 0 Å². The van der Waals surface area contributed by atoms with Crippen molar-refractivity contribution in [2.45, 2.75) is 27.2 Å². The first-order valence-corrected chi connectivity index (χ1v) is 8.70. The van der Waals surface area contributed by atoms with E-state index in [1.165, 1.54) is 11.3 Å². The fourth-order valence-electron chi connectivity index (χ4n) is 2.48. The number of H-pyrrole nitrogens is 1. The minimum Gasteiger partial charge on any atom is -0.381 e. The number of nitrogens with one attached hydrogen (secondary N) is 2. The highest BCUT2D eigenvalue weighted by Gasteiger charge is 2.12. The molecule has 3 aromatic rings. The molecule has 3 rings (SSSR count). The molecular weight excluding hydrogens is 324 g/mol. The Kier molecular flexibility index (Phi) is 4.92. The van der Waals surface area contributed by atoms with E-state index in [2.05, 4.69) is 20.5 Å². The number of hydrogen-bond acceptors (Lipinski definition) is 5. The van der Waals surface area contributed by atoms with Crippen molar-refractivity contribution < 1.29 is 9.53 Å². The molecule has 0 aliphatic carbocycles. The van der Waals surface area contributed by atoms with Crippen LogP contribution >= 0.6 is 11.3 Å². The third kappa shape index (κ3) is 3.47. The number of ether oxygens (including phenoxy) is 1. The zero-order valence-corrected chi connectivity index (χ0v) is 14.8. The molecule has 2 heterocycles. The van der Waals surface area contributed by atoms with Gasteiger partial charge in [0.25, 0.3) is 5.91 Å². The third-order valence-electron chi connectivity index (χ3n) is 3.92. The summed E-state index contributed by atoms with van der Waals surface area (Å²) in [4.78, 5) is 15.7. The van der Waals surface area contributed by atoms with E-state index in [0.29, 0.717) is 30.3 Å². The molecule has 0 spiro atoms. The summed E-state index contributed by atoms with van der Waals surface area (Å²) < 4.78 is 5.30. The predicted octanol–water partition coefficient (Wildman–Crippen LogP) is 3.47. The van der Waals surface area contributed by atoms with E-state index in [0.717, 1.165) is 27.2 Å². The van der Waals surface area contributed by atoms with Crippen molar-refractivity contribution in [2.75, 3.05) is 18.5 Å². The Morgan fingerprint density at radius 1 is 1.33 bits per heavy atom. The third-order valence-corrected chi connectivity index (χ3v) is 4.82. The van der Waals surface area contributed by atoms with Gasteiger partial charge in [0.15, 0.2) is 0 Å². The number of aromatic nitrogens is 3. The lowest BCUT2D eigenvalue weighted by molar-refractivity contribution is 0.102. The molecule has 0 bridgehead atoms. The molecule has 0 aliphatic rings. The van der Waals surface area contributed by atoms with Crippen LogP contribution in [0.25, 0.3) is 10.9 Å². The van der Waals surface area contributed by atoms with Gasteiger partial charge in [-0.1, -0.05) is 11.3 Å². The molecule has 2 N–H and O–H groups in total. The number of aromatic amines is 1. The molecular formula is C17H20N4O2S. The van der Waals surface area contributed by atoms with Gasteiger partial charge >= 0.3 is 0 Å². The average molecular weight is 344 g/mol. The average Bonchev–Trinajstić information content (AvgIpc) is 3.12. The summed E-state index contributed by atoms with van der Waals surface area (Å²) in [7, 11) is 0. The highest BCUT2D eigenvalue weighted by atomic mass is 32.1. The van der Waals surface area contributed by atoms with Crippen molar-refractivity contribution in [1.82, 2.24) is 15.2 Å². The molecule has 0 saturated heterocycles. The van der Waals surface area contributed by atoms with Crippen molar-refractivity contribution in [1.29, 1.82) is 0 Å². The van der Waals surface area contributed by atoms with Gasteiger partial charge in [-0.25, -0.2) is 0 Å². The molecule has 0 fully saturated rings. The van der Waals surface area contributed by atoms with E-state index < -0.39 is 0 Å². The number of aryl methyl sites for hydroxylation is 2. The first-order chi connectivity index (χ1) is 11.6. The zero-order valence-electron chi connectivity index (χ0n) is 14.0. The number of hydrogen-bond donors (Lipinski definition) is 2. The number of rotatable bonds is 6. The van der Waals surface area contributed by atoms with Crippen molar-refractivity contribution in [2.24, 2.45) is 0 Å². The van der Waals surface area contributed by atoms with Gasteiger partial charge < -0.3 is 9.72 Å². The lowest BCUT2D eigenvalue weighted by Crippen LogP contribution is -2.11. The largest absolute Gasteiger partial charge is 0.381 e. The quantitative estimate of drug-likeness (QED) is 0.671. The molecule has 1 aromatic carbocycles. The number of fused-ring (bicyclic) bond motifs is 1. The Morgan fingerprint density at radius 2 is 2.17 bits per heavy atom. The second-order valence-corrected chi connectivity index (χ2v) is 6.60. The fraction of sp³-hybridized carbons (Fsp3) is 0.353. The highest BCUT2D eigenvalue weighted by molar-refractivity contribution is 7.15. The van der Waals surface area contributed by atoms with Gasteiger partial charge in [-0.15, -0.1) is 10.2 Å². The van der Waals surface area contributed by atoms with E-state index in [1.807, 2.05) is 39.0 Å². The van der Waals surface area contributed by atoms with Crippen LogP contribution in [0.3, 0.4) is 0 Å². The zero-order chi connectivity index (χ0) is 17.1. The van der Waals surface area contributed by atoms with Gasteiger partial charge in [-0.3, -0.25) is 10.1 Å². The van der Waals surface area contributed by atoms with Gasteiger partial charge in [-0.2, -0.15) is 0 Å². The molecule has 6 nitrogen and oxygen atoms in total. The Morgan fingerprint density at radius 3 is 2.96 bits per heavy atom. The molecule has 1 amide bonds. The first-order valence-electron chi connectivity index (χ1n) is 7.89. The number of amides is 1. The van der Waals surface area contributed by atoms with Crippen LogP contribution in [0.1, 0.15) is 33.5 Å². The summed E-state index contributed by atoms with van der Waals surface area (Å²) in [5.41, 5.74) is 3.92. The minimum atomic E-state index is -0.178. The number of nitrogens with zero attached hydrogens (tertiary/aromatic N) is 2. The standard InChI is InChI=1S/C17H20N4O2S/c1-4-23-8-7-15-20-21-17(24-15)19-16(22)12-5-6-14-13(9-12)10(2)11(3)18-14/h5-6,9,18H,4,7-8H2,1-3H3,(H,19,21,22). The summed E-state index contributed by atoms with van der Waals surface area (Å²) in [6.45, 7) is 7.33. The molecule has 0 unspecified atom stereocenters. The fourth-order valence-corrected chi connectivity index (χ4v) is 3.20. The van der Waals surface area contributed by atoms with Gasteiger partial charge in [0.05, 0.1) is 6.61 Å². The minimum absolute atomic E-state index is 0.178. The van der Waals surface area contributed by atoms with E-state index in [-0.39, 0.29) is 5.91 Å². The summed E-state index contributed by atoms with van der Waals surface area (Å²) in [5.74, 6) is -0.178. The van der Waals surface area contributed by atoms with Crippen LogP contribution in [0.4, 0.5) is 5.13 Å². The van der Waals surface area contributed by atoms with Crippen molar-refractivity contribution in [3.05, 3.63) is 40.0 Å². The van der Waals surface area contributed by atoms with Gasteiger partial charge in [-0.05, 0) is 44.5 Å². The van der Waals surface area contributed by atoms with Crippen LogP contribution < -0.4 is 5.32 Å². The van der Waals surface area contributed by atoms with Crippen molar-refractivity contribution in [3.8, 4) is 0 Å². The monoisotopic (exact) mass is 344 g/mol. The number of carbonyl (C=O) groups is 1. The van der Waals surface area contributed by atoms with Crippen LogP contribution in [0.15, 0.2) is 18.2 Å². The second-order valence-electron chi connectivity index (χ2n) is 5.54. The predicted molar refractivity (Wildman–Crippen MR) is 95.8 cm³/mol. The molecule has 0 atom stereocenters. The summed E-state index contributed by atoms with van der Waals surface area (Å²) in [6.07, 6.45) is 0.704. The molecule has 7 heteroatoms. The van der Waals surface area contributed by atoms with Crippen LogP contribution in [0.2, 0.25) is 0 Å².